The SMILES string of the molecule is CN=C(NCCCS(=O)(=O)c1ccccc1)N1CC2CCCCC2C1.I. The van der Waals surface area contributed by atoms with Crippen LogP contribution in [0.25, 0.3) is 0 Å². The number of guanidine groups is 1. The molecule has 2 atom stereocenters. The van der Waals surface area contributed by atoms with E-state index >= 15 is 0 Å². The topological polar surface area (TPSA) is 61.8 Å². The fourth-order valence-corrected chi connectivity index (χ4v) is 5.45. The number of nitrogens with one attached hydrogen (secondary N) is 1. The lowest BCUT2D eigenvalue weighted by atomic mass is 9.82. The van der Waals surface area contributed by atoms with E-state index in [0.29, 0.717) is 17.9 Å². The maximum absolute atomic E-state index is 12.3. The van der Waals surface area contributed by atoms with Crippen molar-refractivity contribution in [1.82, 2.24) is 10.2 Å². The summed E-state index contributed by atoms with van der Waals surface area (Å²) in [6.07, 6.45) is 5.98. The van der Waals surface area contributed by atoms with Gasteiger partial charge in [0.05, 0.1) is 10.6 Å². The number of hydrogen-bond donors (Lipinski definition) is 1. The summed E-state index contributed by atoms with van der Waals surface area (Å²) in [5, 5.41) is 3.36. The van der Waals surface area contributed by atoms with Crippen molar-refractivity contribution < 1.29 is 8.42 Å². The molecule has 7 heteroatoms. The van der Waals surface area contributed by atoms with E-state index in [-0.39, 0.29) is 29.7 Å². The van der Waals surface area contributed by atoms with Crippen molar-refractivity contribution in [2.24, 2.45) is 16.8 Å². The maximum Gasteiger partial charge on any atom is 0.193 e. The number of benzene rings is 1. The summed E-state index contributed by atoms with van der Waals surface area (Å²) in [4.78, 5) is 7.16. The molecule has 0 amide bonds. The van der Waals surface area contributed by atoms with E-state index in [9.17, 15) is 8.42 Å². The summed E-state index contributed by atoms with van der Waals surface area (Å²) in [5.41, 5.74) is 0. The zero-order chi connectivity index (χ0) is 17.7. The number of fused-ring (bicyclic) bond motifs is 1. The van der Waals surface area contributed by atoms with E-state index in [1.54, 1.807) is 24.3 Å². The minimum atomic E-state index is -3.19. The van der Waals surface area contributed by atoms with E-state index in [0.717, 1.165) is 30.9 Å². The minimum Gasteiger partial charge on any atom is -0.356 e. The average molecular weight is 491 g/mol. The van der Waals surface area contributed by atoms with E-state index in [1.165, 1.54) is 25.7 Å². The molecule has 1 saturated heterocycles. The number of sulfone groups is 1. The minimum absolute atomic E-state index is 0. The highest BCUT2D eigenvalue weighted by Crippen LogP contribution is 2.35. The average Bonchev–Trinajstić information content (AvgIpc) is 3.06. The van der Waals surface area contributed by atoms with Crippen molar-refractivity contribution in [3.05, 3.63) is 30.3 Å². The number of hydrogen-bond acceptors (Lipinski definition) is 3. The van der Waals surface area contributed by atoms with Crippen LogP contribution < -0.4 is 5.32 Å². The molecule has 146 valence electrons. The predicted molar refractivity (Wildman–Crippen MR) is 117 cm³/mol. The first kappa shape index (κ1) is 21.5. The zero-order valence-corrected chi connectivity index (χ0v) is 18.6. The van der Waals surface area contributed by atoms with Crippen molar-refractivity contribution in [3.63, 3.8) is 0 Å². The molecule has 5 nitrogen and oxygen atoms in total. The normalized spacial score (nSPS) is 23.3. The van der Waals surface area contributed by atoms with E-state index < -0.39 is 9.84 Å². The Morgan fingerprint density at radius 1 is 1.15 bits per heavy atom. The molecule has 2 unspecified atom stereocenters. The molecule has 0 aromatic heterocycles. The van der Waals surface area contributed by atoms with Crippen LogP contribution in [0.3, 0.4) is 0 Å². The van der Waals surface area contributed by atoms with Gasteiger partial charge in [-0.2, -0.15) is 0 Å². The lowest BCUT2D eigenvalue weighted by molar-refractivity contribution is 0.299. The molecule has 1 aliphatic carbocycles. The molecule has 1 heterocycles. The summed E-state index contributed by atoms with van der Waals surface area (Å²) in [6.45, 7) is 2.81. The molecule has 3 rings (SSSR count). The predicted octanol–water partition coefficient (Wildman–Crippen LogP) is 3.17. The molecule has 2 aliphatic rings. The Balaban J connectivity index is 0.00000243. The second-order valence-electron chi connectivity index (χ2n) is 7.17. The van der Waals surface area contributed by atoms with E-state index in [4.69, 9.17) is 0 Å². The van der Waals surface area contributed by atoms with Gasteiger partial charge in [-0.3, -0.25) is 4.99 Å². The van der Waals surface area contributed by atoms with Crippen LogP contribution in [0.2, 0.25) is 0 Å². The molecule has 1 aliphatic heterocycles. The fraction of sp³-hybridized carbons (Fsp3) is 0.632. The van der Waals surface area contributed by atoms with Gasteiger partial charge < -0.3 is 10.2 Å². The van der Waals surface area contributed by atoms with Gasteiger partial charge in [0.25, 0.3) is 0 Å². The third kappa shape index (κ3) is 5.34. The molecule has 0 radical (unpaired) electrons. The molecule has 0 spiro atoms. The Labute approximate surface area is 174 Å². The number of rotatable bonds is 5. The van der Waals surface area contributed by atoms with Crippen molar-refractivity contribution in [3.8, 4) is 0 Å². The van der Waals surface area contributed by atoms with Crippen LogP contribution in [0.1, 0.15) is 32.1 Å². The summed E-state index contributed by atoms with van der Waals surface area (Å²) in [5.74, 6) is 2.70. The molecule has 2 fully saturated rings. The lowest BCUT2D eigenvalue weighted by Crippen LogP contribution is -2.41. The molecular weight excluding hydrogens is 461 g/mol. The number of nitrogens with zero attached hydrogens (tertiary/aromatic N) is 2. The Kier molecular flexibility index (Phi) is 8.19. The third-order valence-corrected chi connectivity index (χ3v) is 7.28. The van der Waals surface area contributed by atoms with Gasteiger partial charge in [-0.25, -0.2) is 8.42 Å². The Hall–Kier alpha value is -0.830. The van der Waals surface area contributed by atoms with E-state index in [2.05, 4.69) is 15.2 Å². The van der Waals surface area contributed by atoms with Gasteiger partial charge in [-0.05, 0) is 43.2 Å². The van der Waals surface area contributed by atoms with Crippen LogP contribution in [-0.4, -0.2) is 51.7 Å². The first-order valence-electron chi connectivity index (χ1n) is 9.33. The summed E-state index contributed by atoms with van der Waals surface area (Å²) < 4.78 is 24.6. The van der Waals surface area contributed by atoms with Crippen LogP contribution in [-0.2, 0) is 9.84 Å². The van der Waals surface area contributed by atoms with Crippen molar-refractivity contribution in [1.29, 1.82) is 0 Å². The standard InChI is InChI=1S/C19H29N3O2S.HI/c1-20-19(22-14-16-8-5-6-9-17(16)15-22)21-12-7-13-25(23,24)18-10-3-2-4-11-18;/h2-4,10-11,16-17H,5-9,12-15H2,1H3,(H,20,21);1H. The highest BCUT2D eigenvalue weighted by molar-refractivity contribution is 14.0. The molecule has 1 aromatic carbocycles. The smallest absolute Gasteiger partial charge is 0.193 e. The zero-order valence-electron chi connectivity index (χ0n) is 15.4. The number of halogens is 1. The second-order valence-corrected chi connectivity index (χ2v) is 9.28. The summed E-state index contributed by atoms with van der Waals surface area (Å²) >= 11 is 0. The quantitative estimate of drug-likeness (QED) is 0.298. The van der Waals surface area contributed by atoms with Crippen LogP contribution in [0.15, 0.2) is 40.2 Å². The van der Waals surface area contributed by atoms with Crippen LogP contribution >= 0.6 is 24.0 Å². The largest absolute Gasteiger partial charge is 0.356 e. The molecule has 26 heavy (non-hydrogen) atoms. The summed E-state index contributed by atoms with van der Waals surface area (Å²) in [7, 11) is -1.38. The number of aliphatic imine (C=N–C) groups is 1. The monoisotopic (exact) mass is 491 g/mol. The Morgan fingerprint density at radius 2 is 1.77 bits per heavy atom. The van der Waals surface area contributed by atoms with Crippen LogP contribution in [0.4, 0.5) is 0 Å². The van der Waals surface area contributed by atoms with Gasteiger partial charge in [0.15, 0.2) is 15.8 Å². The van der Waals surface area contributed by atoms with Gasteiger partial charge in [0.1, 0.15) is 0 Å². The van der Waals surface area contributed by atoms with Crippen molar-refractivity contribution >= 4 is 39.8 Å². The fourth-order valence-electron chi connectivity index (χ4n) is 4.12. The lowest BCUT2D eigenvalue weighted by Gasteiger charge is -2.22. The van der Waals surface area contributed by atoms with Crippen LogP contribution in [0.5, 0.6) is 0 Å². The highest BCUT2D eigenvalue weighted by Gasteiger charge is 2.35. The molecule has 1 aromatic rings. The highest BCUT2D eigenvalue weighted by atomic mass is 127. The first-order valence-corrected chi connectivity index (χ1v) is 11.0. The summed E-state index contributed by atoms with van der Waals surface area (Å²) in [6, 6.07) is 8.68. The second kappa shape index (κ2) is 9.92. The first-order chi connectivity index (χ1) is 12.1. The van der Waals surface area contributed by atoms with Crippen molar-refractivity contribution in [2.45, 2.75) is 37.0 Å². The van der Waals surface area contributed by atoms with Gasteiger partial charge >= 0.3 is 0 Å². The molecule has 1 N–H and O–H groups in total. The molecule has 1 saturated carbocycles. The molecule has 0 bridgehead atoms. The van der Waals surface area contributed by atoms with Gasteiger partial charge in [0, 0.05) is 26.7 Å². The van der Waals surface area contributed by atoms with E-state index in [1.807, 2.05) is 13.1 Å². The Morgan fingerprint density at radius 3 is 2.35 bits per heavy atom. The number of likely N-dealkylation sites (tertiary alicyclic amines) is 1. The Bertz CT molecular complexity index is 680. The van der Waals surface area contributed by atoms with Gasteiger partial charge in [0.2, 0.25) is 0 Å². The van der Waals surface area contributed by atoms with Gasteiger partial charge in [-0.1, -0.05) is 31.0 Å². The molecular formula is C19H30IN3O2S. The maximum atomic E-state index is 12.3. The van der Waals surface area contributed by atoms with Gasteiger partial charge in [-0.15, -0.1) is 24.0 Å². The van der Waals surface area contributed by atoms with Crippen LogP contribution in [0, 0.1) is 11.8 Å². The van der Waals surface area contributed by atoms with Crippen molar-refractivity contribution in [2.75, 3.05) is 32.4 Å². The third-order valence-electron chi connectivity index (χ3n) is 5.46.